The molecule has 2 aliphatic rings. The average molecular weight is 267 g/mol. The lowest BCUT2D eigenvalue weighted by molar-refractivity contribution is -0.127. The van der Waals surface area contributed by atoms with Gasteiger partial charge in [0.05, 0.1) is 0 Å². The highest BCUT2D eigenvalue weighted by Crippen LogP contribution is 2.38. The normalized spacial score (nSPS) is 23.7. The highest BCUT2D eigenvalue weighted by molar-refractivity contribution is 6.07. The fraction of sp³-hybridized carbons (Fsp3) is 0.857. The van der Waals surface area contributed by atoms with E-state index >= 15 is 0 Å². The van der Waals surface area contributed by atoms with Gasteiger partial charge in [-0.05, 0) is 25.2 Å². The van der Waals surface area contributed by atoms with Crippen molar-refractivity contribution in [2.45, 2.75) is 57.8 Å². The van der Waals surface area contributed by atoms with E-state index in [1.165, 1.54) is 25.7 Å². The van der Waals surface area contributed by atoms with Crippen molar-refractivity contribution in [2.75, 3.05) is 6.54 Å². The van der Waals surface area contributed by atoms with Crippen molar-refractivity contribution in [3.8, 4) is 0 Å². The third-order valence-corrected chi connectivity index (χ3v) is 4.80. The Bertz CT molecular complexity index is 343. The van der Waals surface area contributed by atoms with E-state index in [1.807, 2.05) is 0 Å². The maximum Gasteiger partial charge on any atom is 0.233 e. The molecule has 0 aromatic carbocycles. The molecule has 0 saturated heterocycles. The summed E-state index contributed by atoms with van der Waals surface area (Å²) >= 11 is 0. The summed E-state index contributed by atoms with van der Waals surface area (Å²) < 4.78 is 0. The minimum Gasteiger partial charge on any atom is -0.409 e. The molecule has 0 spiro atoms. The molecule has 5 heteroatoms. The molecule has 0 bridgehead atoms. The largest absolute Gasteiger partial charge is 0.409 e. The maximum atomic E-state index is 12.4. The van der Waals surface area contributed by atoms with Crippen LogP contribution in [0.2, 0.25) is 0 Å². The van der Waals surface area contributed by atoms with Crippen LogP contribution in [0, 0.1) is 11.3 Å². The van der Waals surface area contributed by atoms with Gasteiger partial charge in [-0.3, -0.25) is 4.79 Å². The minimum absolute atomic E-state index is 0.0571. The topological polar surface area (TPSA) is 87.7 Å². The zero-order chi connectivity index (χ0) is 13.7. The van der Waals surface area contributed by atoms with Crippen molar-refractivity contribution >= 4 is 11.7 Å². The van der Waals surface area contributed by atoms with Gasteiger partial charge in [-0.1, -0.05) is 43.7 Å². The van der Waals surface area contributed by atoms with Gasteiger partial charge in [-0.25, -0.2) is 0 Å². The smallest absolute Gasteiger partial charge is 0.233 e. The number of amides is 1. The Morgan fingerprint density at radius 1 is 1.26 bits per heavy atom. The van der Waals surface area contributed by atoms with Crippen LogP contribution < -0.4 is 11.1 Å². The first kappa shape index (κ1) is 14.2. The van der Waals surface area contributed by atoms with Crippen LogP contribution in [0.4, 0.5) is 0 Å². The molecule has 0 aromatic rings. The van der Waals surface area contributed by atoms with Gasteiger partial charge in [0, 0.05) is 6.54 Å². The number of nitrogens with one attached hydrogen (secondary N) is 1. The van der Waals surface area contributed by atoms with Crippen LogP contribution in [0.1, 0.15) is 57.8 Å². The van der Waals surface area contributed by atoms with Crippen LogP contribution in [0.5, 0.6) is 0 Å². The Labute approximate surface area is 114 Å². The molecule has 0 heterocycles. The third-order valence-electron chi connectivity index (χ3n) is 4.80. The Hall–Kier alpha value is -1.26. The Balaban J connectivity index is 1.86. The second-order valence-electron chi connectivity index (χ2n) is 5.97. The van der Waals surface area contributed by atoms with Crippen molar-refractivity contribution in [3.05, 3.63) is 0 Å². The lowest BCUT2D eigenvalue weighted by Gasteiger charge is -2.26. The second kappa shape index (κ2) is 6.26. The molecule has 19 heavy (non-hydrogen) atoms. The number of amidine groups is 1. The summed E-state index contributed by atoms with van der Waals surface area (Å²) in [7, 11) is 0. The van der Waals surface area contributed by atoms with Gasteiger partial charge in [0.1, 0.15) is 5.41 Å². The van der Waals surface area contributed by atoms with Crippen molar-refractivity contribution < 1.29 is 10.0 Å². The van der Waals surface area contributed by atoms with Crippen LogP contribution in [-0.2, 0) is 4.79 Å². The van der Waals surface area contributed by atoms with Crippen molar-refractivity contribution in [1.29, 1.82) is 0 Å². The molecular formula is C14H25N3O2. The van der Waals surface area contributed by atoms with Crippen LogP contribution in [-0.4, -0.2) is 23.5 Å². The van der Waals surface area contributed by atoms with Crippen LogP contribution in [0.25, 0.3) is 0 Å². The highest BCUT2D eigenvalue weighted by atomic mass is 16.4. The molecule has 2 aliphatic carbocycles. The number of nitrogens with zero attached hydrogens (tertiary/aromatic N) is 1. The first-order valence-corrected chi connectivity index (χ1v) is 7.45. The SMILES string of the molecule is NC(=NO)C1(C(=O)NCCC2CCCC2)CCCC1. The van der Waals surface area contributed by atoms with E-state index in [1.54, 1.807) is 0 Å². The fourth-order valence-electron chi connectivity index (χ4n) is 3.53. The fourth-order valence-corrected chi connectivity index (χ4v) is 3.53. The number of carbonyl (C=O) groups is 1. The molecule has 0 unspecified atom stereocenters. The van der Waals surface area contributed by atoms with Gasteiger partial charge < -0.3 is 16.3 Å². The van der Waals surface area contributed by atoms with E-state index in [0.717, 1.165) is 25.2 Å². The summed E-state index contributed by atoms with van der Waals surface area (Å²) in [4.78, 5) is 12.4. The molecule has 1 amide bonds. The van der Waals surface area contributed by atoms with E-state index in [0.29, 0.717) is 19.4 Å². The number of rotatable bonds is 5. The monoisotopic (exact) mass is 267 g/mol. The van der Waals surface area contributed by atoms with Gasteiger partial charge in [-0.15, -0.1) is 0 Å². The zero-order valence-electron chi connectivity index (χ0n) is 11.5. The van der Waals surface area contributed by atoms with E-state index in [-0.39, 0.29) is 11.7 Å². The van der Waals surface area contributed by atoms with Gasteiger partial charge in [0.2, 0.25) is 5.91 Å². The summed E-state index contributed by atoms with van der Waals surface area (Å²) in [5.41, 5.74) is 4.99. The van der Waals surface area contributed by atoms with E-state index in [4.69, 9.17) is 10.9 Å². The van der Waals surface area contributed by atoms with Crippen LogP contribution >= 0.6 is 0 Å². The lowest BCUT2D eigenvalue weighted by atomic mass is 9.83. The summed E-state index contributed by atoms with van der Waals surface area (Å²) in [6.07, 6.45) is 9.61. The predicted molar refractivity (Wildman–Crippen MR) is 73.9 cm³/mol. The zero-order valence-corrected chi connectivity index (χ0v) is 11.5. The summed E-state index contributed by atoms with van der Waals surface area (Å²) in [5.74, 6) is 0.783. The van der Waals surface area contributed by atoms with Crippen molar-refractivity contribution in [3.63, 3.8) is 0 Å². The molecule has 0 atom stereocenters. The summed E-state index contributed by atoms with van der Waals surface area (Å²) in [6, 6.07) is 0. The molecular weight excluding hydrogens is 242 g/mol. The van der Waals surface area contributed by atoms with Gasteiger partial charge in [0.15, 0.2) is 5.84 Å². The summed E-state index contributed by atoms with van der Waals surface area (Å²) in [6.45, 7) is 0.712. The molecule has 4 N–H and O–H groups in total. The van der Waals surface area contributed by atoms with Crippen molar-refractivity contribution in [1.82, 2.24) is 5.32 Å². The Morgan fingerprint density at radius 2 is 1.89 bits per heavy atom. The molecule has 2 saturated carbocycles. The number of hydrogen-bond donors (Lipinski definition) is 3. The molecule has 0 aliphatic heterocycles. The third kappa shape index (κ3) is 3.01. The molecule has 108 valence electrons. The van der Waals surface area contributed by atoms with E-state index in [9.17, 15) is 4.79 Å². The minimum atomic E-state index is -0.759. The number of hydrogen-bond acceptors (Lipinski definition) is 3. The standard InChI is InChI=1S/C14H25N3O2/c15-12(17-19)14(8-3-4-9-14)13(18)16-10-7-11-5-1-2-6-11/h11,19H,1-10H2,(H2,15,17)(H,16,18). The number of nitrogens with two attached hydrogens (primary N) is 1. The van der Waals surface area contributed by atoms with Crippen LogP contribution in [0.3, 0.4) is 0 Å². The molecule has 2 fully saturated rings. The maximum absolute atomic E-state index is 12.4. The highest BCUT2D eigenvalue weighted by Gasteiger charge is 2.45. The molecule has 0 aromatic heterocycles. The van der Waals surface area contributed by atoms with Gasteiger partial charge in [-0.2, -0.15) is 0 Å². The van der Waals surface area contributed by atoms with Gasteiger partial charge in [0.25, 0.3) is 0 Å². The quantitative estimate of drug-likeness (QED) is 0.308. The van der Waals surface area contributed by atoms with E-state index < -0.39 is 5.41 Å². The number of carbonyl (C=O) groups excluding carboxylic acids is 1. The van der Waals surface area contributed by atoms with Crippen LogP contribution in [0.15, 0.2) is 5.16 Å². The Morgan fingerprint density at radius 3 is 2.47 bits per heavy atom. The predicted octanol–water partition coefficient (Wildman–Crippen LogP) is 1.99. The van der Waals surface area contributed by atoms with Crippen molar-refractivity contribution in [2.24, 2.45) is 22.2 Å². The molecule has 0 radical (unpaired) electrons. The molecule has 2 rings (SSSR count). The number of oxime groups is 1. The first-order valence-electron chi connectivity index (χ1n) is 7.45. The second-order valence-corrected chi connectivity index (χ2v) is 5.97. The summed E-state index contributed by atoms with van der Waals surface area (Å²) in [5, 5.41) is 15.0. The first-order chi connectivity index (χ1) is 9.19. The Kier molecular flexibility index (Phi) is 4.66. The van der Waals surface area contributed by atoms with E-state index in [2.05, 4.69) is 10.5 Å². The lowest BCUT2D eigenvalue weighted by Crippen LogP contribution is -2.48. The molecule has 5 nitrogen and oxygen atoms in total. The van der Waals surface area contributed by atoms with Gasteiger partial charge >= 0.3 is 0 Å². The average Bonchev–Trinajstić information content (AvgIpc) is 3.09.